The zero-order valence-electron chi connectivity index (χ0n) is 11.4. The maximum atomic E-state index is 5.89. The molecule has 1 aliphatic rings. The maximum absolute atomic E-state index is 5.89. The van der Waals surface area contributed by atoms with Crippen LogP contribution in [0.25, 0.3) is 0 Å². The highest BCUT2D eigenvalue weighted by Gasteiger charge is 2.23. The number of likely N-dealkylation sites (tertiary alicyclic amines) is 1. The highest BCUT2D eigenvalue weighted by atomic mass is 15.2. The fourth-order valence-corrected chi connectivity index (χ4v) is 2.96. The van der Waals surface area contributed by atoms with Crippen LogP contribution in [0.4, 0.5) is 0 Å². The van der Waals surface area contributed by atoms with Crippen molar-refractivity contribution in [2.45, 2.75) is 58.9 Å². The van der Waals surface area contributed by atoms with E-state index in [-0.39, 0.29) is 0 Å². The Kier molecular flexibility index (Phi) is 6.37. The Labute approximate surface area is 102 Å². The summed E-state index contributed by atoms with van der Waals surface area (Å²) in [6.45, 7) is 10.4. The number of rotatable bonds is 5. The van der Waals surface area contributed by atoms with Gasteiger partial charge in [0.1, 0.15) is 0 Å². The van der Waals surface area contributed by atoms with E-state index in [1.165, 1.54) is 45.2 Å². The van der Waals surface area contributed by atoms with Gasteiger partial charge in [-0.2, -0.15) is 0 Å². The molecule has 2 atom stereocenters. The van der Waals surface area contributed by atoms with E-state index in [1.807, 2.05) is 0 Å². The molecular formula is C14H30N2. The van der Waals surface area contributed by atoms with Gasteiger partial charge in [-0.05, 0) is 50.6 Å². The average molecular weight is 226 g/mol. The van der Waals surface area contributed by atoms with E-state index in [0.717, 1.165) is 18.4 Å². The molecule has 0 spiro atoms. The van der Waals surface area contributed by atoms with Crippen molar-refractivity contribution >= 4 is 0 Å². The summed E-state index contributed by atoms with van der Waals surface area (Å²) in [7, 11) is 0. The van der Waals surface area contributed by atoms with Gasteiger partial charge in [0.25, 0.3) is 0 Å². The van der Waals surface area contributed by atoms with Gasteiger partial charge in [0, 0.05) is 12.6 Å². The zero-order valence-corrected chi connectivity index (χ0v) is 11.4. The van der Waals surface area contributed by atoms with Crippen LogP contribution in [0.15, 0.2) is 0 Å². The predicted molar refractivity (Wildman–Crippen MR) is 71.5 cm³/mol. The summed E-state index contributed by atoms with van der Waals surface area (Å²) in [6, 6.07) is 0.635. The van der Waals surface area contributed by atoms with Crippen molar-refractivity contribution in [1.29, 1.82) is 0 Å². The van der Waals surface area contributed by atoms with Crippen LogP contribution in [-0.2, 0) is 0 Å². The predicted octanol–water partition coefficient (Wildman–Crippen LogP) is 2.87. The average Bonchev–Trinajstić information content (AvgIpc) is 2.51. The minimum absolute atomic E-state index is 0.635. The van der Waals surface area contributed by atoms with E-state index in [4.69, 9.17) is 5.73 Å². The highest BCUT2D eigenvalue weighted by molar-refractivity contribution is 4.78. The molecule has 1 heterocycles. The summed E-state index contributed by atoms with van der Waals surface area (Å²) in [6.07, 6.45) is 6.67. The van der Waals surface area contributed by atoms with Crippen LogP contribution < -0.4 is 5.73 Å². The van der Waals surface area contributed by atoms with Crippen molar-refractivity contribution in [3.8, 4) is 0 Å². The van der Waals surface area contributed by atoms with Gasteiger partial charge in [-0.1, -0.05) is 27.2 Å². The molecule has 2 heteroatoms. The lowest BCUT2D eigenvalue weighted by Crippen LogP contribution is -2.41. The van der Waals surface area contributed by atoms with E-state index < -0.39 is 0 Å². The molecule has 0 saturated carbocycles. The van der Waals surface area contributed by atoms with Gasteiger partial charge in [-0.15, -0.1) is 0 Å². The highest BCUT2D eigenvalue weighted by Crippen LogP contribution is 2.25. The normalized spacial score (nSPS) is 25.7. The fourth-order valence-electron chi connectivity index (χ4n) is 2.96. The first-order valence-electron chi connectivity index (χ1n) is 7.13. The smallest absolute Gasteiger partial charge is 0.0218 e. The van der Waals surface area contributed by atoms with E-state index in [2.05, 4.69) is 25.7 Å². The van der Waals surface area contributed by atoms with Gasteiger partial charge in [-0.3, -0.25) is 4.90 Å². The first kappa shape index (κ1) is 14.0. The Morgan fingerprint density at radius 1 is 1.25 bits per heavy atom. The van der Waals surface area contributed by atoms with Gasteiger partial charge in [0.2, 0.25) is 0 Å². The first-order chi connectivity index (χ1) is 7.69. The number of nitrogens with zero attached hydrogens (tertiary/aromatic N) is 1. The Morgan fingerprint density at radius 3 is 2.56 bits per heavy atom. The summed E-state index contributed by atoms with van der Waals surface area (Å²) in [5.74, 6) is 1.78. The molecule has 16 heavy (non-hydrogen) atoms. The molecule has 0 aromatic rings. The molecule has 0 aromatic carbocycles. The second-order valence-electron chi connectivity index (χ2n) is 5.65. The molecule has 1 aliphatic heterocycles. The maximum Gasteiger partial charge on any atom is 0.0218 e. The van der Waals surface area contributed by atoms with Crippen LogP contribution in [0.3, 0.4) is 0 Å². The van der Waals surface area contributed by atoms with Crippen molar-refractivity contribution in [3.05, 3.63) is 0 Å². The Balaban J connectivity index is 2.44. The second kappa shape index (κ2) is 7.29. The quantitative estimate of drug-likeness (QED) is 0.781. The molecule has 2 N–H and O–H groups in total. The van der Waals surface area contributed by atoms with Crippen LogP contribution in [0, 0.1) is 11.8 Å². The monoisotopic (exact) mass is 226 g/mol. The van der Waals surface area contributed by atoms with Crippen molar-refractivity contribution in [2.75, 3.05) is 19.6 Å². The third kappa shape index (κ3) is 4.06. The Hall–Kier alpha value is -0.0800. The molecule has 1 saturated heterocycles. The third-order valence-corrected chi connectivity index (χ3v) is 4.16. The molecule has 1 fully saturated rings. The molecule has 2 nitrogen and oxygen atoms in total. The molecule has 0 radical (unpaired) electrons. The van der Waals surface area contributed by atoms with Crippen molar-refractivity contribution in [3.63, 3.8) is 0 Å². The lowest BCUT2D eigenvalue weighted by atomic mass is 9.89. The molecule has 0 bridgehead atoms. The topological polar surface area (TPSA) is 29.3 Å². The third-order valence-electron chi connectivity index (χ3n) is 4.16. The summed E-state index contributed by atoms with van der Waals surface area (Å²) < 4.78 is 0. The molecule has 96 valence electrons. The lowest BCUT2D eigenvalue weighted by Gasteiger charge is -2.29. The lowest BCUT2D eigenvalue weighted by molar-refractivity contribution is 0.192. The molecule has 0 aliphatic carbocycles. The van der Waals surface area contributed by atoms with Crippen LogP contribution in [-0.4, -0.2) is 30.6 Å². The fraction of sp³-hybridized carbons (Fsp3) is 1.00. The molecule has 1 rings (SSSR count). The van der Waals surface area contributed by atoms with Gasteiger partial charge in [0.05, 0.1) is 0 Å². The SMILES string of the molecule is CCCC(CN)N1CCCC(C(C)C)CC1. The van der Waals surface area contributed by atoms with E-state index in [0.29, 0.717) is 6.04 Å². The largest absolute Gasteiger partial charge is 0.329 e. The second-order valence-corrected chi connectivity index (χ2v) is 5.65. The summed E-state index contributed by atoms with van der Waals surface area (Å²) in [5.41, 5.74) is 5.89. The Bertz CT molecular complexity index is 180. The van der Waals surface area contributed by atoms with E-state index in [9.17, 15) is 0 Å². The van der Waals surface area contributed by atoms with Gasteiger partial charge in [0.15, 0.2) is 0 Å². The first-order valence-corrected chi connectivity index (χ1v) is 7.13. The number of hydrogen-bond acceptors (Lipinski definition) is 2. The van der Waals surface area contributed by atoms with Gasteiger partial charge < -0.3 is 5.73 Å². The van der Waals surface area contributed by atoms with Crippen molar-refractivity contribution in [1.82, 2.24) is 4.90 Å². The standard InChI is InChI=1S/C14H30N2/c1-4-6-14(11-15)16-9-5-7-13(8-10-16)12(2)3/h12-14H,4-11,15H2,1-3H3. The molecule has 0 aromatic heterocycles. The van der Waals surface area contributed by atoms with Crippen LogP contribution >= 0.6 is 0 Å². The van der Waals surface area contributed by atoms with Gasteiger partial charge in [-0.25, -0.2) is 0 Å². The van der Waals surface area contributed by atoms with Crippen LogP contribution in [0.2, 0.25) is 0 Å². The number of nitrogens with two attached hydrogens (primary N) is 1. The van der Waals surface area contributed by atoms with Gasteiger partial charge >= 0.3 is 0 Å². The molecule has 0 amide bonds. The molecular weight excluding hydrogens is 196 g/mol. The van der Waals surface area contributed by atoms with E-state index in [1.54, 1.807) is 0 Å². The van der Waals surface area contributed by atoms with E-state index >= 15 is 0 Å². The molecule has 2 unspecified atom stereocenters. The number of hydrogen-bond donors (Lipinski definition) is 1. The zero-order chi connectivity index (χ0) is 12.0. The summed E-state index contributed by atoms with van der Waals surface area (Å²) in [5, 5.41) is 0. The van der Waals surface area contributed by atoms with Crippen LogP contribution in [0.5, 0.6) is 0 Å². The van der Waals surface area contributed by atoms with Crippen molar-refractivity contribution < 1.29 is 0 Å². The summed E-state index contributed by atoms with van der Waals surface area (Å²) in [4.78, 5) is 2.64. The Morgan fingerprint density at radius 2 is 2.00 bits per heavy atom. The summed E-state index contributed by atoms with van der Waals surface area (Å²) >= 11 is 0. The van der Waals surface area contributed by atoms with Crippen LogP contribution in [0.1, 0.15) is 52.9 Å². The minimum atomic E-state index is 0.635. The minimum Gasteiger partial charge on any atom is -0.329 e. The van der Waals surface area contributed by atoms with Crippen molar-refractivity contribution in [2.24, 2.45) is 17.6 Å².